The molecule has 2 rings (SSSR count). The van der Waals surface area contributed by atoms with Gasteiger partial charge in [0.1, 0.15) is 5.82 Å². The third-order valence-electron chi connectivity index (χ3n) is 3.35. The van der Waals surface area contributed by atoms with Crippen LogP contribution in [0.25, 0.3) is 6.08 Å². The van der Waals surface area contributed by atoms with Gasteiger partial charge < -0.3 is 15.4 Å². The minimum Gasteiger partial charge on any atom is -0.456 e. The Hall–Kier alpha value is -3.48. The highest BCUT2D eigenvalue weighted by Gasteiger charge is 2.08. The molecule has 0 bridgehead atoms. The van der Waals surface area contributed by atoms with E-state index in [4.69, 9.17) is 4.74 Å². The molecule has 0 aliphatic heterocycles. The second kappa shape index (κ2) is 10.5. The van der Waals surface area contributed by atoms with Crippen molar-refractivity contribution in [2.45, 2.75) is 6.42 Å². The van der Waals surface area contributed by atoms with Gasteiger partial charge in [0.05, 0.1) is 6.42 Å². The first-order valence-corrected chi connectivity index (χ1v) is 8.25. The van der Waals surface area contributed by atoms with E-state index in [1.165, 1.54) is 30.3 Å². The molecule has 0 unspecified atom stereocenters. The fourth-order valence-corrected chi connectivity index (χ4v) is 2.03. The van der Waals surface area contributed by atoms with Crippen molar-refractivity contribution in [1.82, 2.24) is 5.32 Å². The van der Waals surface area contributed by atoms with E-state index in [0.717, 1.165) is 5.56 Å². The summed E-state index contributed by atoms with van der Waals surface area (Å²) >= 11 is 0. The van der Waals surface area contributed by atoms with Crippen molar-refractivity contribution >= 4 is 29.5 Å². The van der Waals surface area contributed by atoms with Gasteiger partial charge in [-0.3, -0.25) is 14.4 Å². The second-order valence-corrected chi connectivity index (χ2v) is 5.50. The Balaban J connectivity index is 1.61. The molecule has 27 heavy (non-hydrogen) atoms. The van der Waals surface area contributed by atoms with Gasteiger partial charge in [-0.15, -0.1) is 0 Å². The van der Waals surface area contributed by atoms with Crippen molar-refractivity contribution in [3.05, 3.63) is 72.1 Å². The molecule has 0 atom stereocenters. The molecule has 0 saturated carbocycles. The van der Waals surface area contributed by atoms with Crippen LogP contribution in [-0.2, 0) is 19.1 Å². The van der Waals surface area contributed by atoms with E-state index in [0.29, 0.717) is 5.69 Å². The number of esters is 1. The average molecular weight is 370 g/mol. The summed E-state index contributed by atoms with van der Waals surface area (Å²) in [6.07, 6.45) is 2.97. The van der Waals surface area contributed by atoms with Crippen LogP contribution in [0.5, 0.6) is 0 Å². The van der Waals surface area contributed by atoms with Crippen molar-refractivity contribution in [3.8, 4) is 0 Å². The van der Waals surface area contributed by atoms with Crippen molar-refractivity contribution in [2.24, 2.45) is 0 Å². The van der Waals surface area contributed by atoms with Crippen LogP contribution in [0.2, 0.25) is 0 Å². The Kier molecular flexibility index (Phi) is 7.71. The molecule has 7 heteroatoms. The lowest BCUT2D eigenvalue weighted by Gasteiger charge is -2.07. The van der Waals surface area contributed by atoms with Crippen LogP contribution in [-0.4, -0.2) is 30.9 Å². The molecule has 0 aliphatic carbocycles. The molecule has 2 amide bonds. The average Bonchev–Trinajstić information content (AvgIpc) is 2.67. The fraction of sp³-hybridized carbons (Fsp3) is 0.150. The van der Waals surface area contributed by atoms with Crippen molar-refractivity contribution < 1.29 is 23.5 Å². The predicted molar refractivity (Wildman–Crippen MR) is 99.1 cm³/mol. The molecular weight excluding hydrogens is 351 g/mol. The first kappa shape index (κ1) is 19.8. The molecule has 2 aromatic rings. The zero-order chi connectivity index (χ0) is 19.5. The molecule has 0 aromatic heterocycles. The number of nitrogens with one attached hydrogen (secondary N) is 2. The van der Waals surface area contributed by atoms with Crippen LogP contribution in [0, 0.1) is 5.82 Å². The van der Waals surface area contributed by atoms with Crippen LogP contribution in [0.3, 0.4) is 0 Å². The van der Waals surface area contributed by atoms with Crippen molar-refractivity contribution in [3.63, 3.8) is 0 Å². The zero-order valence-electron chi connectivity index (χ0n) is 14.5. The summed E-state index contributed by atoms with van der Waals surface area (Å²) in [5.74, 6) is -1.90. The highest BCUT2D eigenvalue weighted by Crippen LogP contribution is 2.07. The topological polar surface area (TPSA) is 84.5 Å². The van der Waals surface area contributed by atoms with Gasteiger partial charge in [-0.1, -0.05) is 30.3 Å². The number of ether oxygens (including phenoxy) is 1. The minimum absolute atomic E-state index is 0.0608. The van der Waals surface area contributed by atoms with Crippen LogP contribution < -0.4 is 10.6 Å². The third-order valence-corrected chi connectivity index (χ3v) is 3.35. The summed E-state index contributed by atoms with van der Waals surface area (Å²) in [5.41, 5.74) is 1.29. The van der Waals surface area contributed by atoms with Crippen molar-refractivity contribution in [2.75, 3.05) is 18.5 Å². The van der Waals surface area contributed by atoms with Gasteiger partial charge in [-0.25, -0.2) is 4.39 Å². The van der Waals surface area contributed by atoms with Gasteiger partial charge >= 0.3 is 5.97 Å². The highest BCUT2D eigenvalue weighted by molar-refractivity contribution is 5.93. The standard InChI is InChI=1S/C20H19FN2O4/c21-16-7-9-17(10-8-16)23-19(25)14-27-20(26)12-13-22-18(24)11-6-15-4-2-1-3-5-15/h1-11H,12-14H2,(H,22,24)(H,23,25)/b11-6+. The number of hydrogen-bond donors (Lipinski definition) is 2. The second-order valence-electron chi connectivity index (χ2n) is 5.50. The highest BCUT2D eigenvalue weighted by atomic mass is 19.1. The molecule has 0 saturated heterocycles. The molecule has 2 aromatic carbocycles. The third kappa shape index (κ3) is 7.96. The molecule has 0 heterocycles. The summed E-state index contributed by atoms with van der Waals surface area (Å²) in [7, 11) is 0. The quantitative estimate of drug-likeness (QED) is 0.552. The lowest BCUT2D eigenvalue weighted by Crippen LogP contribution is -2.26. The van der Waals surface area contributed by atoms with Gasteiger partial charge in [-0.05, 0) is 35.9 Å². The van der Waals surface area contributed by atoms with E-state index in [9.17, 15) is 18.8 Å². The van der Waals surface area contributed by atoms with E-state index in [2.05, 4.69) is 10.6 Å². The fourth-order valence-electron chi connectivity index (χ4n) is 2.03. The number of rotatable bonds is 8. The summed E-state index contributed by atoms with van der Waals surface area (Å²) in [4.78, 5) is 34.9. The molecule has 2 N–H and O–H groups in total. The number of carbonyl (C=O) groups excluding carboxylic acids is 3. The molecule has 0 spiro atoms. The maximum absolute atomic E-state index is 12.8. The van der Waals surface area contributed by atoms with Gasteiger partial charge in [-0.2, -0.15) is 0 Å². The summed E-state index contributed by atoms with van der Waals surface area (Å²) in [6.45, 7) is -0.367. The monoisotopic (exact) mass is 370 g/mol. The number of anilines is 1. The number of hydrogen-bond acceptors (Lipinski definition) is 4. The summed E-state index contributed by atoms with van der Waals surface area (Å²) in [5, 5.41) is 5.02. The first-order valence-electron chi connectivity index (χ1n) is 8.25. The van der Waals surface area contributed by atoms with Gasteiger partial charge in [0.25, 0.3) is 5.91 Å². The largest absolute Gasteiger partial charge is 0.456 e. The van der Waals surface area contributed by atoms with E-state index in [1.807, 2.05) is 30.3 Å². The zero-order valence-corrected chi connectivity index (χ0v) is 14.5. The van der Waals surface area contributed by atoms with Crippen LogP contribution in [0.1, 0.15) is 12.0 Å². The molecule has 0 aliphatic rings. The van der Waals surface area contributed by atoms with Gasteiger partial charge in [0, 0.05) is 18.3 Å². The van der Waals surface area contributed by atoms with Crippen LogP contribution in [0.15, 0.2) is 60.7 Å². The lowest BCUT2D eigenvalue weighted by molar-refractivity contribution is -0.147. The SMILES string of the molecule is O=C(/C=C/c1ccccc1)NCCC(=O)OCC(=O)Nc1ccc(F)cc1. The normalized spacial score (nSPS) is 10.4. The maximum Gasteiger partial charge on any atom is 0.308 e. The molecule has 6 nitrogen and oxygen atoms in total. The molecule has 0 fully saturated rings. The number of amides is 2. The van der Waals surface area contributed by atoms with E-state index < -0.39 is 24.3 Å². The Morgan fingerprint density at radius 1 is 1.00 bits per heavy atom. The van der Waals surface area contributed by atoms with E-state index in [-0.39, 0.29) is 18.9 Å². The summed E-state index contributed by atoms with van der Waals surface area (Å²) in [6, 6.07) is 14.5. The van der Waals surface area contributed by atoms with Crippen molar-refractivity contribution in [1.29, 1.82) is 0 Å². The Bertz CT molecular complexity index is 804. The van der Waals surface area contributed by atoms with Gasteiger partial charge in [0.2, 0.25) is 5.91 Å². The first-order chi connectivity index (χ1) is 13.0. The smallest absolute Gasteiger partial charge is 0.308 e. The molecule has 0 radical (unpaired) electrons. The Labute approximate surface area is 156 Å². The van der Waals surface area contributed by atoms with Gasteiger partial charge in [0.15, 0.2) is 6.61 Å². The number of halogens is 1. The maximum atomic E-state index is 12.8. The number of carbonyl (C=O) groups is 3. The predicted octanol–water partition coefficient (Wildman–Crippen LogP) is 2.53. The minimum atomic E-state index is -0.614. The number of benzene rings is 2. The van der Waals surface area contributed by atoms with E-state index in [1.54, 1.807) is 6.08 Å². The Morgan fingerprint density at radius 3 is 2.41 bits per heavy atom. The lowest BCUT2D eigenvalue weighted by atomic mass is 10.2. The molecular formula is C20H19FN2O4. The van der Waals surface area contributed by atoms with Crippen LogP contribution >= 0.6 is 0 Å². The Morgan fingerprint density at radius 2 is 1.70 bits per heavy atom. The van der Waals surface area contributed by atoms with Crippen LogP contribution in [0.4, 0.5) is 10.1 Å². The van der Waals surface area contributed by atoms with E-state index >= 15 is 0 Å². The summed E-state index contributed by atoms with van der Waals surface area (Å²) < 4.78 is 17.6. The molecule has 140 valence electrons.